The molecule has 0 bridgehead atoms. The monoisotopic (exact) mass is 361 g/mol. The molecule has 2 rings (SSSR count). The van der Waals surface area contributed by atoms with Crippen molar-refractivity contribution in [1.29, 1.82) is 0 Å². The molecule has 0 fully saturated rings. The van der Waals surface area contributed by atoms with E-state index in [2.05, 4.69) is 10.1 Å². The predicted molar refractivity (Wildman–Crippen MR) is 97.3 cm³/mol. The van der Waals surface area contributed by atoms with E-state index in [0.717, 1.165) is 5.56 Å². The number of hydrogen-bond acceptors (Lipinski definition) is 4. The number of carbonyl (C=O) groups excluding carboxylic acids is 2. The van der Waals surface area contributed by atoms with E-state index in [1.165, 1.54) is 25.3 Å². The first-order valence-corrected chi connectivity index (χ1v) is 8.24. The number of rotatable bonds is 6. The maximum atomic E-state index is 12.5. The molecule has 2 aromatic carbocycles. The Labute approximate surface area is 151 Å². The van der Waals surface area contributed by atoms with Crippen molar-refractivity contribution in [1.82, 2.24) is 0 Å². The van der Waals surface area contributed by atoms with Crippen LogP contribution in [0.15, 0.2) is 42.5 Å². The zero-order chi connectivity index (χ0) is 18.4. The smallest absolute Gasteiger partial charge is 0.337 e. The molecule has 0 aliphatic heterocycles. The van der Waals surface area contributed by atoms with Crippen LogP contribution in [0.2, 0.25) is 5.02 Å². The second kappa shape index (κ2) is 8.53. The summed E-state index contributed by atoms with van der Waals surface area (Å²) in [7, 11) is 1.29. The van der Waals surface area contributed by atoms with Gasteiger partial charge in [-0.2, -0.15) is 0 Å². The van der Waals surface area contributed by atoms with Gasteiger partial charge in [-0.1, -0.05) is 30.7 Å². The summed E-state index contributed by atoms with van der Waals surface area (Å²) in [6.07, 6.45) is -0.201. The summed E-state index contributed by atoms with van der Waals surface area (Å²) in [5.74, 6) is -0.223. The SMILES string of the molecule is CCC(Oc1cccc(C)c1)C(=O)Nc1cc(C(=O)OC)ccc1Cl. The number of esters is 1. The lowest BCUT2D eigenvalue weighted by Gasteiger charge is -2.18. The van der Waals surface area contributed by atoms with Gasteiger partial charge in [-0.15, -0.1) is 0 Å². The third kappa shape index (κ3) is 4.97. The van der Waals surface area contributed by atoms with E-state index < -0.39 is 12.1 Å². The van der Waals surface area contributed by atoms with E-state index in [1.54, 1.807) is 6.07 Å². The van der Waals surface area contributed by atoms with Gasteiger partial charge in [-0.3, -0.25) is 4.79 Å². The van der Waals surface area contributed by atoms with E-state index in [0.29, 0.717) is 28.4 Å². The number of ether oxygens (including phenoxy) is 2. The second-order valence-electron chi connectivity index (χ2n) is 5.51. The molecule has 0 aliphatic carbocycles. The fourth-order valence-electron chi connectivity index (χ4n) is 2.25. The molecule has 5 nitrogen and oxygen atoms in total. The highest BCUT2D eigenvalue weighted by atomic mass is 35.5. The Balaban J connectivity index is 2.15. The minimum atomic E-state index is -0.681. The highest BCUT2D eigenvalue weighted by Gasteiger charge is 2.20. The Bertz CT molecular complexity index is 776. The van der Waals surface area contributed by atoms with Crippen molar-refractivity contribution in [2.24, 2.45) is 0 Å². The Hall–Kier alpha value is -2.53. The van der Waals surface area contributed by atoms with Crippen molar-refractivity contribution >= 4 is 29.2 Å². The molecule has 0 aliphatic rings. The van der Waals surface area contributed by atoms with Crippen LogP contribution in [0.5, 0.6) is 5.75 Å². The summed E-state index contributed by atoms with van der Waals surface area (Å²) in [5, 5.41) is 3.04. The van der Waals surface area contributed by atoms with E-state index in [1.807, 2.05) is 32.0 Å². The minimum Gasteiger partial charge on any atom is -0.481 e. The molecule has 1 N–H and O–H groups in total. The van der Waals surface area contributed by atoms with Gasteiger partial charge in [0.05, 0.1) is 23.4 Å². The molecule has 0 saturated carbocycles. The van der Waals surface area contributed by atoms with Gasteiger partial charge < -0.3 is 14.8 Å². The highest BCUT2D eigenvalue weighted by molar-refractivity contribution is 6.33. The molecular weight excluding hydrogens is 342 g/mol. The molecule has 1 unspecified atom stereocenters. The van der Waals surface area contributed by atoms with E-state index in [-0.39, 0.29) is 5.91 Å². The quantitative estimate of drug-likeness (QED) is 0.782. The number of hydrogen-bond donors (Lipinski definition) is 1. The number of halogens is 1. The lowest BCUT2D eigenvalue weighted by molar-refractivity contribution is -0.122. The Kier molecular flexibility index (Phi) is 6.42. The van der Waals surface area contributed by atoms with Crippen LogP contribution in [0, 0.1) is 6.92 Å². The Morgan fingerprint density at radius 3 is 2.60 bits per heavy atom. The molecule has 0 radical (unpaired) electrons. The van der Waals surface area contributed by atoms with Gasteiger partial charge in [0.25, 0.3) is 5.91 Å². The van der Waals surface area contributed by atoms with E-state index in [9.17, 15) is 9.59 Å². The zero-order valence-corrected chi connectivity index (χ0v) is 15.1. The first-order valence-electron chi connectivity index (χ1n) is 7.86. The van der Waals surface area contributed by atoms with Crippen LogP contribution >= 0.6 is 11.6 Å². The van der Waals surface area contributed by atoms with Crippen LogP contribution in [0.1, 0.15) is 29.3 Å². The largest absolute Gasteiger partial charge is 0.481 e. The second-order valence-corrected chi connectivity index (χ2v) is 5.91. The Morgan fingerprint density at radius 2 is 1.96 bits per heavy atom. The van der Waals surface area contributed by atoms with Crippen molar-refractivity contribution < 1.29 is 19.1 Å². The molecule has 6 heteroatoms. The van der Waals surface area contributed by atoms with Crippen molar-refractivity contribution in [3.63, 3.8) is 0 Å². The van der Waals surface area contributed by atoms with Gasteiger partial charge in [0.2, 0.25) is 0 Å². The fourth-order valence-corrected chi connectivity index (χ4v) is 2.42. The summed E-state index contributed by atoms with van der Waals surface area (Å²) < 4.78 is 10.4. The van der Waals surface area contributed by atoms with Crippen LogP contribution in [-0.4, -0.2) is 25.1 Å². The van der Waals surface area contributed by atoms with Crippen LogP contribution < -0.4 is 10.1 Å². The number of methoxy groups -OCH3 is 1. The number of nitrogens with one attached hydrogen (secondary N) is 1. The third-order valence-electron chi connectivity index (χ3n) is 3.58. The Morgan fingerprint density at radius 1 is 1.20 bits per heavy atom. The van der Waals surface area contributed by atoms with Crippen LogP contribution in [0.3, 0.4) is 0 Å². The normalized spacial score (nSPS) is 11.5. The van der Waals surface area contributed by atoms with Crippen LogP contribution in [-0.2, 0) is 9.53 Å². The number of benzene rings is 2. The fraction of sp³-hybridized carbons (Fsp3) is 0.263. The van der Waals surface area contributed by atoms with Gasteiger partial charge in [0.15, 0.2) is 6.10 Å². The average molecular weight is 362 g/mol. The van der Waals surface area contributed by atoms with Gasteiger partial charge in [-0.05, 0) is 49.2 Å². The highest BCUT2D eigenvalue weighted by Crippen LogP contribution is 2.24. The molecule has 132 valence electrons. The minimum absolute atomic E-state index is 0.301. The average Bonchev–Trinajstić information content (AvgIpc) is 2.60. The maximum absolute atomic E-state index is 12.5. The van der Waals surface area contributed by atoms with Crippen LogP contribution in [0.4, 0.5) is 5.69 Å². The first-order chi connectivity index (χ1) is 11.9. The third-order valence-corrected chi connectivity index (χ3v) is 3.91. The van der Waals surface area contributed by atoms with Crippen LogP contribution in [0.25, 0.3) is 0 Å². The van der Waals surface area contributed by atoms with E-state index in [4.69, 9.17) is 16.3 Å². The number of anilines is 1. The van der Waals surface area contributed by atoms with Crippen molar-refractivity contribution in [3.05, 3.63) is 58.6 Å². The summed E-state index contributed by atoms with van der Waals surface area (Å²) in [4.78, 5) is 24.1. The molecule has 1 amide bonds. The molecule has 2 aromatic rings. The zero-order valence-electron chi connectivity index (χ0n) is 14.3. The number of amides is 1. The van der Waals surface area contributed by atoms with E-state index >= 15 is 0 Å². The predicted octanol–water partition coefficient (Wildman–Crippen LogP) is 4.23. The van der Waals surface area contributed by atoms with Gasteiger partial charge in [0.1, 0.15) is 5.75 Å². The first kappa shape index (κ1) is 18.8. The standard InChI is InChI=1S/C19H20ClNO4/c1-4-17(25-14-7-5-6-12(2)10-14)18(22)21-16-11-13(19(23)24-3)8-9-15(16)20/h5-11,17H,4H2,1-3H3,(H,21,22). The lowest BCUT2D eigenvalue weighted by Crippen LogP contribution is -2.32. The molecule has 1 atom stereocenters. The summed E-state index contributed by atoms with van der Waals surface area (Å²) in [6, 6.07) is 12.0. The van der Waals surface area contributed by atoms with Gasteiger partial charge in [-0.25, -0.2) is 4.79 Å². The van der Waals surface area contributed by atoms with Gasteiger partial charge in [0, 0.05) is 0 Å². The summed E-state index contributed by atoms with van der Waals surface area (Å²) in [6.45, 7) is 3.80. The van der Waals surface area contributed by atoms with Gasteiger partial charge >= 0.3 is 5.97 Å². The number of carbonyl (C=O) groups is 2. The molecule has 0 aromatic heterocycles. The summed E-state index contributed by atoms with van der Waals surface area (Å²) in [5.41, 5.74) is 1.68. The van der Waals surface area contributed by atoms with Crippen molar-refractivity contribution in [3.8, 4) is 5.75 Å². The van der Waals surface area contributed by atoms with Crippen molar-refractivity contribution in [2.45, 2.75) is 26.4 Å². The number of aryl methyl sites for hydroxylation is 1. The summed E-state index contributed by atoms with van der Waals surface area (Å²) >= 11 is 6.11. The molecule has 0 heterocycles. The van der Waals surface area contributed by atoms with Crippen molar-refractivity contribution in [2.75, 3.05) is 12.4 Å². The molecular formula is C19H20ClNO4. The maximum Gasteiger partial charge on any atom is 0.337 e. The molecule has 0 saturated heterocycles. The topological polar surface area (TPSA) is 64.6 Å². The molecule has 0 spiro atoms. The lowest BCUT2D eigenvalue weighted by atomic mass is 10.2. The molecule has 25 heavy (non-hydrogen) atoms.